The minimum Gasteiger partial charge on any atom is -0.338 e. The number of carbonyl (C=O) groups excluding carboxylic acids is 2. The number of anilines is 1. The van der Waals surface area contributed by atoms with Gasteiger partial charge in [-0.05, 0) is 42.0 Å². The summed E-state index contributed by atoms with van der Waals surface area (Å²) in [6.07, 6.45) is 1.40. The van der Waals surface area contributed by atoms with Crippen LogP contribution in [0.4, 0.5) is 5.69 Å². The van der Waals surface area contributed by atoms with Crippen molar-refractivity contribution in [3.63, 3.8) is 0 Å². The highest BCUT2D eigenvalue weighted by atomic mass is 32.1. The molecule has 0 spiro atoms. The molecule has 29 heavy (non-hydrogen) atoms. The van der Waals surface area contributed by atoms with E-state index in [2.05, 4.69) is 0 Å². The van der Waals surface area contributed by atoms with Crippen molar-refractivity contribution in [1.82, 2.24) is 4.90 Å². The second-order valence-electron chi connectivity index (χ2n) is 7.29. The van der Waals surface area contributed by atoms with Gasteiger partial charge in [-0.3, -0.25) is 9.59 Å². The van der Waals surface area contributed by atoms with Gasteiger partial charge in [0.2, 0.25) is 5.91 Å². The average molecular weight is 405 g/mol. The third kappa shape index (κ3) is 4.57. The molecular weight excluding hydrogens is 380 g/mol. The van der Waals surface area contributed by atoms with Crippen molar-refractivity contribution in [2.24, 2.45) is 5.92 Å². The van der Waals surface area contributed by atoms with Crippen molar-refractivity contribution in [2.45, 2.75) is 19.4 Å². The molecule has 3 aromatic rings. The van der Waals surface area contributed by atoms with Gasteiger partial charge in [0, 0.05) is 24.7 Å². The summed E-state index contributed by atoms with van der Waals surface area (Å²) in [5.74, 6) is 0.157. The number of amides is 2. The van der Waals surface area contributed by atoms with Crippen molar-refractivity contribution < 1.29 is 9.59 Å². The molecule has 1 aliphatic heterocycles. The Balaban J connectivity index is 1.46. The highest BCUT2D eigenvalue weighted by Gasteiger charge is 2.31. The van der Waals surface area contributed by atoms with Crippen LogP contribution in [-0.4, -0.2) is 29.8 Å². The fraction of sp³-hybridized carbons (Fsp3) is 0.250. The monoisotopic (exact) mass is 404 g/mol. The fourth-order valence-electron chi connectivity index (χ4n) is 3.78. The molecule has 5 heteroatoms. The number of nitrogens with zero attached hydrogens (tertiary/aromatic N) is 2. The number of rotatable bonds is 5. The summed E-state index contributed by atoms with van der Waals surface area (Å²) in [6.45, 7) is 1.81. The Labute approximate surface area is 175 Å². The molecule has 0 aliphatic carbocycles. The Morgan fingerprint density at radius 1 is 0.897 bits per heavy atom. The Kier molecular flexibility index (Phi) is 6.06. The van der Waals surface area contributed by atoms with Crippen LogP contribution in [0.1, 0.15) is 28.1 Å². The predicted octanol–water partition coefficient (Wildman–Crippen LogP) is 4.83. The maximum Gasteiger partial charge on any atom is 0.263 e. The number of para-hydroxylation sites is 1. The average Bonchev–Trinajstić information content (AvgIpc) is 3.33. The predicted molar refractivity (Wildman–Crippen MR) is 117 cm³/mol. The van der Waals surface area contributed by atoms with E-state index in [-0.39, 0.29) is 17.7 Å². The molecule has 0 atom stereocenters. The number of hydrogen-bond donors (Lipinski definition) is 0. The second kappa shape index (κ2) is 9.05. The molecule has 2 heterocycles. The minimum atomic E-state index is -0.0636. The lowest BCUT2D eigenvalue weighted by Gasteiger charge is -2.34. The highest BCUT2D eigenvalue weighted by Crippen LogP contribution is 2.26. The number of hydrogen-bond acceptors (Lipinski definition) is 3. The van der Waals surface area contributed by atoms with Crippen LogP contribution in [0.15, 0.2) is 78.2 Å². The van der Waals surface area contributed by atoms with Crippen LogP contribution >= 0.6 is 11.3 Å². The van der Waals surface area contributed by atoms with Crippen molar-refractivity contribution in [3.8, 4) is 0 Å². The smallest absolute Gasteiger partial charge is 0.263 e. The van der Waals surface area contributed by atoms with E-state index in [4.69, 9.17) is 0 Å². The van der Waals surface area contributed by atoms with E-state index >= 15 is 0 Å². The summed E-state index contributed by atoms with van der Waals surface area (Å²) in [6, 6.07) is 23.7. The number of carbonyl (C=O) groups is 2. The van der Waals surface area contributed by atoms with Gasteiger partial charge >= 0.3 is 0 Å². The quantitative estimate of drug-likeness (QED) is 0.611. The van der Waals surface area contributed by atoms with Crippen LogP contribution in [0.2, 0.25) is 0 Å². The van der Waals surface area contributed by atoms with E-state index in [1.165, 1.54) is 11.3 Å². The van der Waals surface area contributed by atoms with Gasteiger partial charge in [0.1, 0.15) is 0 Å². The number of thiophene rings is 1. The largest absolute Gasteiger partial charge is 0.338 e. The number of piperidine rings is 1. The van der Waals surface area contributed by atoms with Crippen LogP contribution in [0.3, 0.4) is 0 Å². The topological polar surface area (TPSA) is 40.6 Å². The summed E-state index contributed by atoms with van der Waals surface area (Å²) in [5.41, 5.74) is 2.02. The van der Waals surface area contributed by atoms with Gasteiger partial charge in [-0.25, -0.2) is 0 Å². The first-order valence-electron chi connectivity index (χ1n) is 9.95. The van der Waals surface area contributed by atoms with E-state index in [0.29, 0.717) is 32.5 Å². The Morgan fingerprint density at radius 2 is 1.55 bits per heavy atom. The zero-order chi connectivity index (χ0) is 20.1. The number of likely N-dealkylation sites (tertiary alicyclic amines) is 1. The lowest BCUT2D eigenvalue weighted by Crippen LogP contribution is -2.44. The van der Waals surface area contributed by atoms with Crippen molar-refractivity contribution in [2.75, 3.05) is 18.0 Å². The van der Waals surface area contributed by atoms with Crippen molar-refractivity contribution in [1.29, 1.82) is 0 Å². The molecule has 1 fully saturated rings. The van der Waals surface area contributed by atoms with E-state index in [1.54, 1.807) is 0 Å². The lowest BCUT2D eigenvalue weighted by molar-refractivity contribution is -0.123. The molecule has 1 saturated heterocycles. The number of benzene rings is 2. The van der Waals surface area contributed by atoms with Gasteiger partial charge in [-0.15, -0.1) is 11.3 Å². The van der Waals surface area contributed by atoms with E-state index in [1.807, 2.05) is 88.0 Å². The van der Waals surface area contributed by atoms with Crippen LogP contribution < -0.4 is 4.90 Å². The maximum atomic E-state index is 13.4. The molecule has 148 valence electrons. The molecule has 2 aromatic carbocycles. The normalized spacial score (nSPS) is 14.6. The second-order valence-corrected chi connectivity index (χ2v) is 8.24. The van der Waals surface area contributed by atoms with Gasteiger partial charge in [0.25, 0.3) is 5.91 Å². The summed E-state index contributed by atoms with van der Waals surface area (Å²) in [4.78, 5) is 30.5. The lowest BCUT2D eigenvalue weighted by atomic mass is 9.94. The van der Waals surface area contributed by atoms with Gasteiger partial charge in [-0.1, -0.05) is 54.6 Å². The zero-order valence-electron chi connectivity index (χ0n) is 16.2. The Morgan fingerprint density at radius 3 is 2.17 bits per heavy atom. The molecule has 0 radical (unpaired) electrons. The van der Waals surface area contributed by atoms with Crippen LogP contribution in [-0.2, 0) is 11.3 Å². The highest BCUT2D eigenvalue weighted by molar-refractivity contribution is 7.12. The molecule has 1 aromatic heterocycles. The molecule has 1 aliphatic rings. The van der Waals surface area contributed by atoms with E-state index in [9.17, 15) is 9.59 Å². The minimum absolute atomic E-state index is 0.0636. The Bertz CT molecular complexity index is 934. The van der Waals surface area contributed by atoms with Gasteiger partial charge in [-0.2, -0.15) is 0 Å². The van der Waals surface area contributed by atoms with Gasteiger partial charge in [0.05, 0.1) is 11.4 Å². The first-order valence-corrected chi connectivity index (χ1v) is 10.8. The maximum absolute atomic E-state index is 13.4. The third-order valence-electron chi connectivity index (χ3n) is 5.38. The molecule has 0 bridgehead atoms. The summed E-state index contributed by atoms with van der Waals surface area (Å²) < 4.78 is 0. The van der Waals surface area contributed by atoms with Gasteiger partial charge < -0.3 is 9.80 Å². The van der Waals surface area contributed by atoms with E-state index < -0.39 is 0 Å². The van der Waals surface area contributed by atoms with Crippen molar-refractivity contribution >= 4 is 28.8 Å². The molecule has 4 nitrogen and oxygen atoms in total. The van der Waals surface area contributed by atoms with Crippen LogP contribution in [0.25, 0.3) is 0 Å². The molecule has 0 N–H and O–H groups in total. The summed E-state index contributed by atoms with van der Waals surface area (Å²) >= 11 is 1.47. The first-order chi connectivity index (χ1) is 14.2. The SMILES string of the molecule is O=C(c1cccs1)N1CCC(C(=O)N(Cc2ccccc2)c2ccccc2)CC1. The molecule has 0 saturated carbocycles. The molecule has 0 unspecified atom stereocenters. The molecular formula is C24H24N2O2S. The van der Waals surface area contributed by atoms with Gasteiger partial charge in [0.15, 0.2) is 0 Å². The first kappa shape index (κ1) is 19.4. The standard InChI is InChI=1S/C24H24N2O2S/c27-23(20-13-15-25(16-14-20)24(28)22-12-7-17-29-22)26(21-10-5-2-6-11-21)18-19-8-3-1-4-9-19/h1-12,17,20H,13-16,18H2. The summed E-state index contributed by atoms with van der Waals surface area (Å²) in [5, 5.41) is 1.92. The Hall–Kier alpha value is -2.92. The fourth-order valence-corrected chi connectivity index (χ4v) is 4.47. The van der Waals surface area contributed by atoms with Crippen LogP contribution in [0.5, 0.6) is 0 Å². The summed E-state index contributed by atoms with van der Waals surface area (Å²) in [7, 11) is 0. The van der Waals surface area contributed by atoms with E-state index in [0.717, 1.165) is 16.1 Å². The zero-order valence-corrected chi connectivity index (χ0v) is 17.1. The third-order valence-corrected chi connectivity index (χ3v) is 6.24. The molecule has 2 amide bonds. The molecule has 4 rings (SSSR count). The van der Waals surface area contributed by atoms with Crippen molar-refractivity contribution in [3.05, 3.63) is 88.6 Å². The van der Waals surface area contributed by atoms with Crippen LogP contribution in [0, 0.1) is 5.92 Å².